The summed E-state index contributed by atoms with van der Waals surface area (Å²) in [5, 5.41) is 17.8. The maximum atomic E-state index is 13.3. The molecule has 78 valence electrons. The second-order valence-corrected chi connectivity index (χ2v) is 3.60. The molecule has 0 aliphatic heterocycles. The summed E-state index contributed by atoms with van der Waals surface area (Å²) in [4.78, 5) is 10.9. The van der Waals surface area contributed by atoms with Gasteiger partial charge in [-0.3, -0.25) is 4.79 Å². The van der Waals surface area contributed by atoms with Crippen LogP contribution in [-0.4, -0.2) is 11.1 Å². The monoisotopic (exact) mass is 227 g/mol. The van der Waals surface area contributed by atoms with Gasteiger partial charge in [-0.2, -0.15) is 5.26 Å². The lowest BCUT2D eigenvalue weighted by Crippen LogP contribution is -2.31. The van der Waals surface area contributed by atoms with Crippen molar-refractivity contribution in [1.29, 1.82) is 5.26 Å². The third-order valence-corrected chi connectivity index (χ3v) is 2.35. The lowest BCUT2D eigenvalue weighted by Gasteiger charge is -2.17. The quantitative estimate of drug-likeness (QED) is 0.844. The molecule has 5 heteroatoms. The standard InChI is InChI=1S/C10H7ClFNO2/c1-10(5-13,9(14)15)7-4-6(11)2-3-8(7)12/h2-4H,1H3,(H,14,15). The molecule has 0 bridgehead atoms. The largest absolute Gasteiger partial charge is 0.480 e. The van der Waals surface area contributed by atoms with E-state index < -0.39 is 17.2 Å². The number of benzene rings is 1. The molecule has 0 heterocycles. The molecule has 0 saturated carbocycles. The zero-order chi connectivity index (χ0) is 11.6. The summed E-state index contributed by atoms with van der Waals surface area (Å²) in [6.07, 6.45) is 0. The Labute approximate surface area is 90.7 Å². The highest BCUT2D eigenvalue weighted by Gasteiger charge is 2.38. The van der Waals surface area contributed by atoms with Crippen LogP contribution in [-0.2, 0) is 10.2 Å². The number of hydrogen-bond donors (Lipinski definition) is 1. The summed E-state index contributed by atoms with van der Waals surface area (Å²) in [5.41, 5.74) is -2.15. The van der Waals surface area contributed by atoms with E-state index in [1.165, 1.54) is 6.07 Å². The minimum Gasteiger partial charge on any atom is -0.480 e. The molecule has 15 heavy (non-hydrogen) atoms. The summed E-state index contributed by atoms with van der Waals surface area (Å²) in [5.74, 6) is -2.17. The normalized spacial score (nSPS) is 14.0. The van der Waals surface area contributed by atoms with E-state index in [1.54, 1.807) is 6.07 Å². The van der Waals surface area contributed by atoms with Crippen molar-refractivity contribution in [1.82, 2.24) is 0 Å². The zero-order valence-electron chi connectivity index (χ0n) is 7.79. The second-order valence-electron chi connectivity index (χ2n) is 3.17. The van der Waals surface area contributed by atoms with Crippen molar-refractivity contribution in [3.63, 3.8) is 0 Å². The van der Waals surface area contributed by atoms with E-state index >= 15 is 0 Å². The summed E-state index contributed by atoms with van der Waals surface area (Å²) in [6.45, 7) is 1.13. The van der Waals surface area contributed by atoms with E-state index in [1.807, 2.05) is 0 Å². The molecule has 1 N–H and O–H groups in total. The maximum absolute atomic E-state index is 13.3. The second kappa shape index (κ2) is 3.87. The lowest BCUT2D eigenvalue weighted by molar-refractivity contribution is -0.141. The maximum Gasteiger partial charge on any atom is 0.328 e. The van der Waals surface area contributed by atoms with Crippen molar-refractivity contribution in [2.75, 3.05) is 0 Å². The van der Waals surface area contributed by atoms with Gasteiger partial charge in [0.15, 0.2) is 5.41 Å². The van der Waals surface area contributed by atoms with Gasteiger partial charge in [-0.1, -0.05) is 11.6 Å². The number of halogens is 2. The molecule has 3 nitrogen and oxygen atoms in total. The molecule has 1 aromatic carbocycles. The Morgan fingerprint density at radius 1 is 1.67 bits per heavy atom. The highest BCUT2D eigenvalue weighted by atomic mass is 35.5. The molecule has 0 radical (unpaired) electrons. The van der Waals surface area contributed by atoms with Gasteiger partial charge in [0, 0.05) is 10.6 Å². The van der Waals surface area contributed by atoms with Gasteiger partial charge in [0.1, 0.15) is 5.82 Å². The van der Waals surface area contributed by atoms with Gasteiger partial charge in [-0.05, 0) is 25.1 Å². The van der Waals surface area contributed by atoms with Crippen LogP contribution in [0.1, 0.15) is 12.5 Å². The topological polar surface area (TPSA) is 61.1 Å². The number of carboxylic acids is 1. The van der Waals surface area contributed by atoms with Crippen molar-refractivity contribution in [2.45, 2.75) is 12.3 Å². The van der Waals surface area contributed by atoms with E-state index in [9.17, 15) is 9.18 Å². The molecule has 0 amide bonds. The number of hydrogen-bond acceptors (Lipinski definition) is 2. The van der Waals surface area contributed by atoms with Crippen LogP contribution in [0, 0.1) is 17.1 Å². The molecule has 0 aliphatic rings. The number of aliphatic carboxylic acids is 1. The fraction of sp³-hybridized carbons (Fsp3) is 0.200. The molecule has 0 fully saturated rings. The Morgan fingerprint density at radius 3 is 2.73 bits per heavy atom. The first kappa shape index (κ1) is 11.5. The molecular weight excluding hydrogens is 221 g/mol. The van der Waals surface area contributed by atoms with Crippen molar-refractivity contribution in [2.24, 2.45) is 0 Å². The van der Waals surface area contributed by atoms with Crippen LogP contribution in [0.15, 0.2) is 18.2 Å². The fourth-order valence-electron chi connectivity index (χ4n) is 1.10. The molecule has 0 aromatic heterocycles. The van der Waals surface area contributed by atoms with E-state index in [0.29, 0.717) is 0 Å². The number of carboxylic acid groups (broad SMARTS) is 1. The average molecular weight is 228 g/mol. The van der Waals surface area contributed by atoms with Crippen molar-refractivity contribution >= 4 is 17.6 Å². The Balaban J connectivity index is 3.44. The molecule has 0 aliphatic carbocycles. The first-order valence-corrected chi connectivity index (χ1v) is 4.40. The zero-order valence-corrected chi connectivity index (χ0v) is 8.55. The third kappa shape index (κ3) is 1.92. The van der Waals surface area contributed by atoms with Gasteiger partial charge in [-0.15, -0.1) is 0 Å². The van der Waals surface area contributed by atoms with Gasteiger partial charge in [0.2, 0.25) is 0 Å². The van der Waals surface area contributed by atoms with Crippen molar-refractivity contribution in [3.8, 4) is 6.07 Å². The van der Waals surface area contributed by atoms with Crippen molar-refractivity contribution in [3.05, 3.63) is 34.6 Å². The van der Waals surface area contributed by atoms with E-state index in [-0.39, 0.29) is 10.6 Å². The number of rotatable bonds is 2. The Morgan fingerprint density at radius 2 is 2.27 bits per heavy atom. The smallest absolute Gasteiger partial charge is 0.328 e. The van der Waals surface area contributed by atoms with E-state index in [4.69, 9.17) is 22.0 Å². The van der Waals surface area contributed by atoms with Crippen LogP contribution < -0.4 is 0 Å². The molecule has 1 rings (SSSR count). The Hall–Kier alpha value is -1.60. The Bertz CT molecular complexity index is 455. The third-order valence-electron chi connectivity index (χ3n) is 2.12. The van der Waals surface area contributed by atoms with Gasteiger partial charge in [0.05, 0.1) is 6.07 Å². The minimum absolute atomic E-state index is 0.189. The van der Waals surface area contributed by atoms with Crippen LogP contribution in [0.5, 0.6) is 0 Å². The summed E-state index contributed by atoms with van der Waals surface area (Å²) >= 11 is 5.62. The minimum atomic E-state index is -1.92. The molecule has 1 aromatic rings. The fourth-order valence-corrected chi connectivity index (χ4v) is 1.28. The van der Waals surface area contributed by atoms with Gasteiger partial charge >= 0.3 is 5.97 Å². The van der Waals surface area contributed by atoms with E-state index in [0.717, 1.165) is 19.1 Å². The molecule has 0 spiro atoms. The van der Waals surface area contributed by atoms with Gasteiger partial charge in [-0.25, -0.2) is 4.39 Å². The SMILES string of the molecule is CC(C#N)(C(=O)O)c1cc(Cl)ccc1F. The van der Waals surface area contributed by atoms with Gasteiger partial charge in [0.25, 0.3) is 0 Å². The summed E-state index contributed by atoms with van der Waals surface area (Å²) < 4.78 is 13.3. The first-order valence-electron chi connectivity index (χ1n) is 4.02. The number of nitrogens with zero attached hydrogens (tertiary/aromatic N) is 1. The van der Waals surface area contributed by atoms with Crippen LogP contribution in [0.3, 0.4) is 0 Å². The van der Waals surface area contributed by atoms with E-state index in [2.05, 4.69) is 0 Å². The highest BCUT2D eigenvalue weighted by molar-refractivity contribution is 6.30. The first-order chi connectivity index (χ1) is 6.91. The molecule has 1 atom stereocenters. The average Bonchev–Trinajstić information content (AvgIpc) is 2.20. The van der Waals surface area contributed by atoms with Crippen LogP contribution >= 0.6 is 11.6 Å². The van der Waals surface area contributed by atoms with Crippen LogP contribution in [0.4, 0.5) is 4.39 Å². The molecule has 1 unspecified atom stereocenters. The van der Waals surface area contributed by atoms with Gasteiger partial charge < -0.3 is 5.11 Å². The predicted molar refractivity (Wildman–Crippen MR) is 52.0 cm³/mol. The predicted octanol–water partition coefficient (Wildman–Crippen LogP) is 2.34. The Kier molecular flexibility index (Phi) is 2.96. The lowest BCUT2D eigenvalue weighted by atomic mass is 9.84. The number of nitriles is 1. The van der Waals surface area contributed by atoms with Crippen LogP contribution in [0.2, 0.25) is 5.02 Å². The van der Waals surface area contributed by atoms with Crippen LogP contribution in [0.25, 0.3) is 0 Å². The molecular formula is C10H7ClFNO2. The summed E-state index contributed by atoms with van der Waals surface area (Å²) in [6, 6.07) is 5.04. The highest BCUT2D eigenvalue weighted by Crippen LogP contribution is 2.28. The van der Waals surface area contributed by atoms with Crippen molar-refractivity contribution < 1.29 is 14.3 Å². The summed E-state index contributed by atoms with van der Waals surface area (Å²) in [7, 11) is 0. The molecule has 0 saturated heterocycles. The number of carbonyl (C=O) groups is 1.